The Labute approximate surface area is 104 Å². The van der Waals surface area contributed by atoms with Gasteiger partial charge < -0.3 is 0 Å². The molecule has 1 aliphatic carbocycles. The standard InChI is InChI=1S/C12F8/c13-5-2-1-3(6(5)14)8(16)12(20)10(18)4(1)9(17)11(19)7(2)15. The summed E-state index contributed by atoms with van der Waals surface area (Å²) < 4.78 is 107. The molecule has 0 radical (unpaired) electrons. The van der Waals surface area contributed by atoms with E-state index in [9.17, 15) is 35.1 Å². The van der Waals surface area contributed by atoms with Crippen LogP contribution in [0.15, 0.2) is 0 Å². The largest absolute Gasteiger partial charge is 0.203 e. The molecule has 0 fully saturated rings. The molecule has 3 rings (SSSR count). The van der Waals surface area contributed by atoms with Crippen molar-refractivity contribution < 1.29 is 35.1 Å². The number of hydrogen-bond donors (Lipinski definition) is 0. The Kier molecular flexibility index (Phi) is 2.39. The summed E-state index contributed by atoms with van der Waals surface area (Å²) in [5, 5.41) is -2.76. The van der Waals surface area contributed by atoms with Gasteiger partial charge in [0.2, 0.25) is 0 Å². The van der Waals surface area contributed by atoms with E-state index in [1.165, 1.54) is 0 Å². The number of rotatable bonds is 0. The molecule has 104 valence electrons. The highest BCUT2D eigenvalue weighted by atomic mass is 19.2. The first-order valence-electron chi connectivity index (χ1n) is 5.01. The maximum atomic E-state index is 13.5. The summed E-state index contributed by atoms with van der Waals surface area (Å²) in [6, 6.07) is 0. The van der Waals surface area contributed by atoms with Crippen LogP contribution in [0.1, 0.15) is 11.1 Å². The Bertz CT molecular complexity index is 769. The van der Waals surface area contributed by atoms with Gasteiger partial charge in [-0.15, -0.1) is 0 Å². The Morgan fingerprint density at radius 2 is 0.700 bits per heavy atom. The van der Waals surface area contributed by atoms with Crippen LogP contribution >= 0.6 is 0 Å². The van der Waals surface area contributed by atoms with E-state index >= 15 is 0 Å². The van der Waals surface area contributed by atoms with Crippen molar-refractivity contribution in [3.8, 4) is 0 Å². The average Bonchev–Trinajstić information content (AvgIpc) is 2.66. The third kappa shape index (κ3) is 1.21. The molecule has 0 nitrogen and oxygen atoms in total. The van der Waals surface area contributed by atoms with Crippen molar-refractivity contribution >= 4 is 22.4 Å². The molecular weight excluding hydrogens is 296 g/mol. The Morgan fingerprint density at radius 3 is 1.05 bits per heavy atom. The minimum Gasteiger partial charge on any atom is -0.203 e. The van der Waals surface area contributed by atoms with Gasteiger partial charge in [-0.3, -0.25) is 0 Å². The summed E-state index contributed by atoms with van der Waals surface area (Å²) in [5.74, 6) is -17.4. The van der Waals surface area contributed by atoms with Gasteiger partial charge in [0.15, 0.2) is 46.6 Å². The van der Waals surface area contributed by atoms with E-state index in [0.717, 1.165) is 0 Å². The normalized spacial score (nSPS) is 13.8. The minimum absolute atomic E-state index is 1.22. The van der Waals surface area contributed by atoms with Crippen LogP contribution in [0.25, 0.3) is 22.4 Å². The quantitative estimate of drug-likeness (QED) is 0.486. The highest BCUT2D eigenvalue weighted by Crippen LogP contribution is 2.48. The Balaban J connectivity index is 2.75. The van der Waals surface area contributed by atoms with Crippen molar-refractivity contribution in [2.45, 2.75) is 0 Å². The molecule has 20 heavy (non-hydrogen) atoms. The molecule has 0 heterocycles. The van der Waals surface area contributed by atoms with E-state index in [4.69, 9.17) is 0 Å². The van der Waals surface area contributed by atoms with Crippen molar-refractivity contribution in [3.05, 3.63) is 46.0 Å². The van der Waals surface area contributed by atoms with Gasteiger partial charge in [0.25, 0.3) is 0 Å². The Morgan fingerprint density at radius 1 is 0.350 bits per heavy atom. The van der Waals surface area contributed by atoms with Gasteiger partial charge in [-0.05, 0) is 0 Å². The van der Waals surface area contributed by atoms with Crippen LogP contribution in [-0.4, -0.2) is 0 Å². The van der Waals surface area contributed by atoms with Gasteiger partial charge in [-0.2, -0.15) is 0 Å². The van der Waals surface area contributed by atoms with Gasteiger partial charge in [-0.25, -0.2) is 35.1 Å². The second kappa shape index (κ2) is 3.71. The van der Waals surface area contributed by atoms with Gasteiger partial charge in [0.05, 0.1) is 16.5 Å². The summed E-state index contributed by atoms with van der Waals surface area (Å²) in [7, 11) is 0. The first kappa shape index (κ1) is 12.9. The zero-order valence-electron chi connectivity index (χ0n) is 9.02. The van der Waals surface area contributed by atoms with Crippen molar-refractivity contribution in [2.24, 2.45) is 0 Å². The molecule has 1 aliphatic rings. The third-order valence-corrected chi connectivity index (χ3v) is 3.03. The molecule has 0 unspecified atom stereocenters. The van der Waals surface area contributed by atoms with E-state index < -0.39 is 68.5 Å². The van der Waals surface area contributed by atoms with Gasteiger partial charge in [0.1, 0.15) is 0 Å². The van der Waals surface area contributed by atoms with Crippen molar-refractivity contribution in [1.82, 2.24) is 0 Å². The molecule has 2 aromatic carbocycles. The lowest BCUT2D eigenvalue weighted by Crippen LogP contribution is -2.03. The zero-order valence-corrected chi connectivity index (χ0v) is 9.02. The fourth-order valence-electron chi connectivity index (χ4n) is 2.17. The zero-order chi connectivity index (χ0) is 14.9. The van der Waals surface area contributed by atoms with E-state index in [1.54, 1.807) is 0 Å². The molecule has 8 heteroatoms. The van der Waals surface area contributed by atoms with Gasteiger partial charge >= 0.3 is 0 Å². The molecule has 0 amide bonds. The lowest BCUT2D eigenvalue weighted by atomic mass is 10.0. The summed E-state index contributed by atoms with van der Waals surface area (Å²) in [6.07, 6.45) is 0. The van der Waals surface area contributed by atoms with Crippen LogP contribution < -0.4 is 0 Å². The van der Waals surface area contributed by atoms with Crippen LogP contribution in [0.2, 0.25) is 0 Å². The van der Waals surface area contributed by atoms with Crippen molar-refractivity contribution in [1.29, 1.82) is 0 Å². The van der Waals surface area contributed by atoms with E-state index in [0.29, 0.717) is 0 Å². The summed E-state index contributed by atoms with van der Waals surface area (Å²) >= 11 is 0. The Hall–Kier alpha value is -2.12. The van der Waals surface area contributed by atoms with E-state index in [1.807, 2.05) is 0 Å². The number of hydrogen-bond acceptors (Lipinski definition) is 0. The average molecular weight is 296 g/mol. The van der Waals surface area contributed by atoms with Crippen LogP contribution in [0.4, 0.5) is 35.1 Å². The van der Waals surface area contributed by atoms with Crippen LogP contribution in [-0.2, 0) is 0 Å². The smallest absolute Gasteiger partial charge is 0.195 e. The van der Waals surface area contributed by atoms with E-state index in [-0.39, 0.29) is 0 Å². The predicted molar refractivity (Wildman–Crippen MR) is 52.7 cm³/mol. The molecule has 0 aliphatic heterocycles. The molecule has 0 bridgehead atoms. The first-order chi connectivity index (χ1) is 9.29. The van der Waals surface area contributed by atoms with Crippen molar-refractivity contribution in [2.75, 3.05) is 0 Å². The predicted octanol–water partition coefficient (Wildman–Crippen LogP) is 4.75. The molecule has 0 spiro atoms. The highest BCUT2D eigenvalue weighted by molar-refractivity contribution is 6.11. The first-order valence-corrected chi connectivity index (χ1v) is 5.01. The van der Waals surface area contributed by atoms with Crippen LogP contribution in [0.5, 0.6) is 0 Å². The lowest BCUT2D eigenvalue weighted by Gasteiger charge is -2.09. The summed E-state index contributed by atoms with van der Waals surface area (Å²) in [5.41, 5.74) is -2.94. The fourth-order valence-corrected chi connectivity index (χ4v) is 2.17. The van der Waals surface area contributed by atoms with Gasteiger partial charge in [0, 0.05) is 5.39 Å². The van der Waals surface area contributed by atoms with Crippen molar-refractivity contribution in [3.63, 3.8) is 0 Å². The third-order valence-electron chi connectivity index (χ3n) is 3.03. The van der Waals surface area contributed by atoms with E-state index in [2.05, 4.69) is 0 Å². The molecule has 0 aromatic heterocycles. The number of halogens is 8. The fraction of sp³-hybridized carbons (Fsp3) is 0. The minimum atomic E-state index is -2.31. The number of benzene rings is 2. The van der Waals surface area contributed by atoms with Crippen LogP contribution in [0.3, 0.4) is 0 Å². The van der Waals surface area contributed by atoms with Gasteiger partial charge in [-0.1, -0.05) is 0 Å². The maximum Gasteiger partial charge on any atom is 0.195 e. The maximum absolute atomic E-state index is 13.5. The molecule has 0 saturated heterocycles. The monoisotopic (exact) mass is 296 g/mol. The molecule has 0 saturated carbocycles. The second-order valence-electron chi connectivity index (χ2n) is 4.01. The SMILES string of the molecule is FC1=C(F)c2c(F)c(F)c(F)c3c(F)c(F)c(F)c1c23. The lowest BCUT2D eigenvalue weighted by molar-refractivity contribution is 0.434. The molecule has 0 atom stereocenters. The molecule has 2 aromatic rings. The summed E-state index contributed by atoms with van der Waals surface area (Å²) in [6.45, 7) is 0. The van der Waals surface area contributed by atoms with Crippen LogP contribution in [0, 0.1) is 34.9 Å². The second-order valence-corrected chi connectivity index (χ2v) is 4.01. The molecule has 0 N–H and O–H groups in total. The summed E-state index contributed by atoms with van der Waals surface area (Å²) in [4.78, 5) is 0. The molecular formula is C12F8. The topological polar surface area (TPSA) is 0 Å². The highest BCUT2D eigenvalue weighted by Gasteiger charge is 2.38.